The van der Waals surface area contributed by atoms with E-state index >= 15 is 0 Å². The first-order chi connectivity index (χ1) is 7.75. The smallest absolute Gasteiger partial charge is 0.208 e. The summed E-state index contributed by atoms with van der Waals surface area (Å²) < 4.78 is 11.2. The Bertz CT molecular complexity index is 317. The Balaban J connectivity index is 1.90. The van der Waals surface area contributed by atoms with Gasteiger partial charge < -0.3 is 14.5 Å². The molecule has 1 aliphatic heterocycles. The van der Waals surface area contributed by atoms with Gasteiger partial charge in [0.2, 0.25) is 5.89 Å². The molecule has 0 amide bonds. The Morgan fingerprint density at radius 1 is 1.56 bits per heavy atom. The summed E-state index contributed by atoms with van der Waals surface area (Å²) in [5, 5.41) is 3.29. The van der Waals surface area contributed by atoms with Crippen molar-refractivity contribution in [2.45, 2.75) is 45.2 Å². The van der Waals surface area contributed by atoms with Gasteiger partial charge in [-0.3, -0.25) is 0 Å². The number of hydrogen-bond acceptors (Lipinski definition) is 4. The predicted molar refractivity (Wildman–Crippen MR) is 61.3 cm³/mol. The van der Waals surface area contributed by atoms with E-state index < -0.39 is 0 Å². The van der Waals surface area contributed by atoms with Crippen LogP contribution in [-0.2, 0) is 11.3 Å². The van der Waals surface area contributed by atoms with E-state index in [1.54, 1.807) is 0 Å². The van der Waals surface area contributed by atoms with E-state index in [2.05, 4.69) is 24.1 Å². The lowest BCUT2D eigenvalue weighted by atomic mass is 10.0. The van der Waals surface area contributed by atoms with Crippen molar-refractivity contribution in [1.29, 1.82) is 0 Å². The Hall–Kier alpha value is -0.870. The van der Waals surface area contributed by atoms with E-state index in [9.17, 15) is 0 Å². The predicted octanol–water partition coefficient (Wildman–Crippen LogP) is 2.07. The number of rotatable bonds is 4. The molecule has 0 bridgehead atoms. The van der Waals surface area contributed by atoms with Crippen molar-refractivity contribution in [2.24, 2.45) is 0 Å². The van der Waals surface area contributed by atoms with Crippen LogP contribution in [0.15, 0.2) is 10.6 Å². The molecule has 1 fully saturated rings. The van der Waals surface area contributed by atoms with E-state index in [1.807, 2.05) is 6.20 Å². The molecule has 16 heavy (non-hydrogen) atoms. The van der Waals surface area contributed by atoms with Crippen molar-refractivity contribution in [3.05, 3.63) is 17.8 Å². The standard InChI is InChI=1S/C12H20N2O2/c1-9(2)13-7-12-14-6-11(16-12)10-4-3-5-15-8-10/h6,9-10,13H,3-5,7-8H2,1-2H3. The monoisotopic (exact) mass is 224 g/mol. The highest BCUT2D eigenvalue weighted by Gasteiger charge is 2.19. The molecule has 1 unspecified atom stereocenters. The molecule has 2 heterocycles. The van der Waals surface area contributed by atoms with Crippen LogP contribution in [0.5, 0.6) is 0 Å². The van der Waals surface area contributed by atoms with Crippen LogP contribution < -0.4 is 5.32 Å². The van der Waals surface area contributed by atoms with Crippen molar-refractivity contribution < 1.29 is 9.15 Å². The number of nitrogens with zero attached hydrogens (tertiary/aromatic N) is 1. The summed E-state index contributed by atoms with van der Waals surface area (Å²) in [6.45, 7) is 6.57. The van der Waals surface area contributed by atoms with Crippen molar-refractivity contribution in [1.82, 2.24) is 10.3 Å². The van der Waals surface area contributed by atoms with Crippen LogP contribution in [0.1, 0.15) is 44.3 Å². The first-order valence-electron chi connectivity index (χ1n) is 6.01. The summed E-state index contributed by atoms with van der Waals surface area (Å²) in [7, 11) is 0. The van der Waals surface area contributed by atoms with Crippen LogP contribution in [0.2, 0.25) is 0 Å². The SMILES string of the molecule is CC(C)NCc1ncc(C2CCCOC2)o1. The minimum absolute atomic E-state index is 0.397. The topological polar surface area (TPSA) is 47.3 Å². The van der Waals surface area contributed by atoms with Crippen LogP contribution >= 0.6 is 0 Å². The zero-order valence-electron chi connectivity index (χ0n) is 10.0. The lowest BCUT2D eigenvalue weighted by Crippen LogP contribution is -2.21. The minimum Gasteiger partial charge on any atom is -0.444 e. The molecule has 0 spiro atoms. The first kappa shape index (κ1) is 11.6. The maximum absolute atomic E-state index is 5.72. The van der Waals surface area contributed by atoms with Gasteiger partial charge in [-0.05, 0) is 12.8 Å². The highest BCUT2D eigenvalue weighted by Crippen LogP contribution is 2.25. The molecule has 1 atom stereocenters. The van der Waals surface area contributed by atoms with Crippen molar-refractivity contribution in [2.75, 3.05) is 13.2 Å². The summed E-state index contributed by atoms with van der Waals surface area (Å²) in [5.41, 5.74) is 0. The highest BCUT2D eigenvalue weighted by molar-refractivity contribution is 5.02. The second-order valence-corrected chi connectivity index (χ2v) is 4.61. The molecule has 1 aromatic rings. The highest BCUT2D eigenvalue weighted by atomic mass is 16.5. The summed E-state index contributed by atoms with van der Waals surface area (Å²) >= 11 is 0. The Kier molecular flexibility index (Phi) is 3.96. The van der Waals surface area contributed by atoms with E-state index in [0.29, 0.717) is 18.5 Å². The molecule has 1 aromatic heterocycles. The summed E-state index contributed by atoms with van der Waals surface area (Å²) in [4.78, 5) is 4.28. The van der Waals surface area contributed by atoms with E-state index in [0.717, 1.165) is 37.7 Å². The zero-order chi connectivity index (χ0) is 11.4. The van der Waals surface area contributed by atoms with Crippen LogP contribution in [0, 0.1) is 0 Å². The van der Waals surface area contributed by atoms with Gasteiger partial charge in [0.05, 0.1) is 19.3 Å². The van der Waals surface area contributed by atoms with Gasteiger partial charge in [-0.15, -0.1) is 0 Å². The summed E-state index contributed by atoms with van der Waals surface area (Å²) in [5.74, 6) is 2.14. The van der Waals surface area contributed by atoms with Crippen LogP contribution in [0.25, 0.3) is 0 Å². The number of aromatic nitrogens is 1. The van der Waals surface area contributed by atoms with Crippen molar-refractivity contribution >= 4 is 0 Å². The van der Waals surface area contributed by atoms with Gasteiger partial charge in [-0.25, -0.2) is 4.98 Å². The molecule has 90 valence electrons. The average Bonchev–Trinajstić information content (AvgIpc) is 2.76. The molecule has 1 aliphatic rings. The lowest BCUT2D eigenvalue weighted by Gasteiger charge is -2.19. The molecule has 2 rings (SSSR count). The van der Waals surface area contributed by atoms with Crippen LogP contribution in [0.4, 0.5) is 0 Å². The van der Waals surface area contributed by atoms with Crippen LogP contribution in [0.3, 0.4) is 0 Å². The van der Waals surface area contributed by atoms with E-state index in [1.165, 1.54) is 0 Å². The van der Waals surface area contributed by atoms with E-state index in [-0.39, 0.29) is 0 Å². The van der Waals surface area contributed by atoms with E-state index in [4.69, 9.17) is 9.15 Å². The molecular formula is C12H20N2O2. The molecule has 4 nitrogen and oxygen atoms in total. The second kappa shape index (κ2) is 5.46. The van der Waals surface area contributed by atoms with Crippen molar-refractivity contribution in [3.8, 4) is 0 Å². The Labute approximate surface area is 96.4 Å². The number of nitrogens with one attached hydrogen (secondary N) is 1. The fourth-order valence-corrected chi connectivity index (χ4v) is 1.85. The number of ether oxygens (including phenoxy) is 1. The molecule has 4 heteroatoms. The first-order valence-corrected chi connectivity index (χ1v) is 6.01. The second-order valence-electron chi connectivity index (χ2n) is 4.61. The maximum atomic E-state index is 5.72. The number of oxazole rings is 1. The van der Waals surface area contributed by atoms with Gasteiger partial charge in [0.25, 0.3) is 0 Å². The van der Waals surface area contributed by atoms with Gasteiger partial charge in [0, 0.05) is 18.6 Å². The minimum atomic E-state index is 0.397. The largest absolute Gasteiger partial charge is 0.444 e. The molecule has 0 aromatic carbocycles. The van der Waals surface area contributed by atoms with Gasteiger partial charge in [-0.2, -0.15) is 0 Å². The lowest BCUT2D eigenvalue weighted by molar-refractivity contribution is 0.0737. The van der Waals surface area contributed by atoms with Gasteiger partial charge >= 0.3 is 0 Å². The maximum Gasteiger partial charge on any atom is 0.208 e. The summed E-state index contributed by atoms with van der Waals surface area (Å²) in [6, 6.07) is 0.452. The van der Waals surface area contributed by atoms with Gasteiger partial charge in [-0.1, -0.05) is 13.8 Å². The molecule has 0 saturated carbocycles. The third-order valence-electron chi connectivity index (χ3n) is 2.80. The Morgan fingerprint density at radius 2 is 2.44 bits per heavy atom. The van der Waals surface area contributed by atoms with Gasteiger partial charge in [0.15, 0.2) is 0 Å². The third-order valence-corrected chi connectivity index (χ3v) is 2.80. The van der Waals surface area contributed by atoms with Crippen molar-refractivity contribution in [3.63, 3.8) is 0 Å². The molecule has 1 N–H and O–H groups in total. The molecule has 1 saturated heterocycles. The summed E-state index contributed by atoms with van der Waals surface area (Å²) in [6.07, 6.45) is 4.11. The third kappa shape index (κ3) is 3.06. The number of hydrogen-bond donors (Lipinski definition) is 1. The fraction of sp³-hybridized carbons (Fsp3) is 0.750. The fourth-order valence-electron chi connectivity index (χ4n) is 1.85. The quantitative estimate of drug-likeness (QED) is 0.850. The molecule has 0 radical (unpaired) electrons. The zero-order valence-corrected chi connectivity index (χ0v) is 10.0. The van der Waals surface area contributed by atoms with Crippen LogP contribution in [-0.4, -0.2) is 24.2 Å². The van der Waals surface area contributed by atoms with Gasteiger partial charge in [0.1, 0.15) is 5.76 Å². The Morgan fingerprint density at radius 3 is 3.12 bits per heavy atom. The average molecular weight is 224 g/mol. The molecule has 0 aliphatic carbocycles. The normalized spacial score (nSPS) is 21.6. The molecular weight excluding hydrogens is 204 g/mol.